The maximum Gasteiger partial charge on any atom is 0.118 e. The van der Waals surface area contributed by atoms with E-state index >= 15 is 0 Å². The van der Waals surface area contributed by atoms with Gasteiger partial charge in [0.2, 0.25) is 0 Å². The second kappa shape index (κ2) is 5.89. The summed E-state index contributed by atoms with van der Waals surface area (Å²) in [5.74, 6) is 0.879. The summed E-state index contributed by atoms with van der Waals surface area (Å²) in [4.78, 5) is 0.194. The van der Waals surface area contributed by atoms with Gasteiger partial charge in [0.25, 0.3) is 0 Å². The lowest BCUT2D eigenvalue weighted by Crippen LogP contribution is -1.94. The third kappa shape index (κ3) is 3.15. The molecule has 0 heterocycles. The van der Waals surface area contributed by atoms with Gasteiger partial charge in [-0.3, -0.25) is 0 Å². The normalized spacial score (nSPS) is 12.2. The Labute approximate surface area is 124 Å². The number of ether oxygens (including phenoxy) is 1. The average Bonchev–Trinajstić information content (AvgIpc) is 2.37. The van der Waals surface area contributed by atoms with Gasteiger partial charge in [0, 0.05) is 4.47 Å². The van der Waals surface area contributed by atoms with Crippen molar-refractivity contribution in [2.45, 2.75) is 11.8 Å². The molecule has 94 valence electrons. The molecule has 1 atom stereocenters. The van der Waals surface area contributed by atoms with Gasteiger partial charge in [-0.15, -0.1) is 0 Å². The van der Waals surface area contributed by atoms with Gasteiger partial charge in [0.15, 0.2) is 0 Å². The molecule has 0 radical (unpaired) electrons. The zero-order chi connectivity index (χ0) is 13.1. The first-order valence-corrected chi connectivity index (χ1v) is 7.36. The number of hydrogen-bond acceptors (Lipinski definition) is 1. The summed E-state index contributed by atoms with van der Waals surface area (Å²) in [7, 11) is 1.68. The number of rotatable bonds is 3. The van der Waals surface area contributed by atoms with Crippen LogP contribution in [-0.4, -0.2) is 7.11 Å². The van der Waals surface area contributed by atoms with E-state index in [1.807, 2.05) is 12.1 Å². The molecule has 0 bridgehead atoms. The van der Waals surface area contributed by atoms with Crippen LogP contribution in [0.1, 0.15) is 21.5 Å². The standard InChI is InChI=1S/C15H14Br2O/c1-10-7-12(9-13(16)8-10)15(17)11-3-5-14(18-2)6-4-11/h3-9,15H,1-2H3. The molecule has 0 fully saturated rings. The van der Waals surface area contributed by atoms with Crippen LogP contribution >= 0.6 is 31.9 Å². The molecule has 2 aromatic rings. The molecule has 0 aliphatic carbocycles. The Morgan fingerprint density at radius 2 is 1.67 bits per heavy atom. The summed E-state index contributed by atoms with van der Waals surface area (Å²) >= 11 is 7.28. The lowest BCUT2D eigenvalue weighted by atomic mass is 10.0. The number of halogens is 2. The van der Waals surface area contributed by atoms with Crippen molar-refractivity contribution in [1.82, 2.24) is 0 Å². The monoisotopic (exact) mass is 368 g/mol. The minimum absolute atomic E-state index is 0.194. The summed E-state index contributed by atoms with van der Waals surface area (Å²) in [6.07, 6.45) is 0. The van der Waals surface area contributed by atoms with Crippen molar-refractivity contribution in [3.8, 4) is 5.75 Å². The van der Waals surface area contributed by atoms with Crippen molar-refractivity contribution >= 4 is 31.9 Å². The minimum atomic E-state index is 0.194. The number of benzene rings is 2. The molecular formula is C15H14Br2O. The van der Waals surface area contributed by atoms with Crippen molar-refractivity contribution in [1.29, 1.82) is 0 Å². The van der Waals surface area contributed by atoms with E-state index < -0.39 is 0 Å². The molecule has 2 aromatic carbocycles. The highest BCUT2D eigenvalue weighted by molar-refractivity contribution is 9.10. The smallest absolute Gasteiger partial charge is 0.118 e. The number of methoxy groups -OCH3 is 1. The molecule has 18 heavy (non-hydrogen) atoms. The zero-order valence-electron chi connectivity index (χ0n) is 10.3. The molecule has 0 saturated carbocycles. The van der Waals surface area contributed by atoms with E-state index in [0.29, 0.717) is 0 Å². The first-order chi connectivity index (χ1) is 8.60. The molecule has 0 aliphatic rings. The van der Waals surface area contributed by atoms with E-state index in [0.717, 1.165) is 10.2 Å². The molecule has 2 rings (SSSR count). The Morgan fingerprint density at radius 3 is 2.22 bits per heavy atom. The second-order valence-electron chi connectivity index (χ2n) is 4.20. The van der Waals surface area contributed by atoms with E-state index in [1.165, 1.54) is 16.7 Å². The van der Waals surface area contributed by atoms with E-state index in [9.17, 15) is 0 Å². The number of alkyl halides is 1. The van der Waals surface area contributed by atoms with Gasteiger partial charge in [-0.25, -0.2) is 0 Å². The predicted molar refractivity (Wildman–Crippen MR) is 82.6 cm³/mol. The predicted octanol–water partition coefficient (Wildman–Crippen LogP) is 5.25. The van der Waals surface area contributed by atoms with Crippen LogP contribution in [0.25, 0.3) is 0 Å². The topological polar surface area (TPSA) is 9.23 Å². The Morgan fingerprint density at radius 1 is 1.00 bits per heavy atom. The highest BCUT2D eigenvalue weighted by Crippen LogP contribution is 2.33. The third-order valence-electron chi connectivity index (χ3n) is 2.77. The van der Waals surface area contributed by atoms with E-state index in [4.69, 9.17) is 4.74 Å². The average molecular weight is 370 g/mol. The Hall–Kier alpha value is -0.800. The fraction of sp³-hybridized carbons (Fsp3) is 0.200. The highest BCUT2D eigenvalue weighted by Gasteiger charge is 2.11. The number of aryl methyl sites for hydroxylation is 1. The number of hydrogen-bond donors (Lipinski definition) is 0. The van der Waals surface area contributed by atoms with Crippen LogP contribution in [0, 0.1) is 6.92 Å². The fourth-order valence-corrected chi connectivity index (χ4v) is 3.07. The fourth-order valence-electron chi connectivity index (χ4n) is 1.88. The van der Waals surface area contributed by atoms with Crippen LogP contribution in [0.15, 0.2) is 46.9 Å². The summed E-state index contributed by atoms with van der Waals surface area (Å²) in [6, 6.07) is 14.5. The van der Waals surface area contributed by atoms with Crippen molar-refractivity contribution in [2.75, 3.05) is 7.11 Å². The second-order valence-corrected chi connectivity index (χ2v) is 6.03. The maximum absolute atomic E-state index is 5.17. The lowest BCUT2D eigenvalue weighted by Gasteiger charge is -2.12. The summed E-state index contributed by atoms with van der Waals surface area (Å²) in [5.41, 5.74) is 3.71. The molecule has 1 nitrogen and oxygen atoms in total. The molecule has 0 aliphatic heterocycles. The van der Waals surface area contributed by atoms with Gasteiger partial charge in [-0.05, 0) is 47.9 Å². The summed E-state index contributed by atoms with van der Waals surface area (Å²) < 4.78 is 6.28. The first-order valence-electron chi connectivity index (χ1n) is 5.65. The maximum atomic E-state index is 5.17. The molecule has 1 unspecified atom stereocenters. The van der Waals surface area contributed by atoms with E-state index in [2.05, 4.69) is 69.1 Å². The van der Waals surface area contributed by atoms with Crippen LogP contribution in [0.3, 0.4) is 0 Å². The molecule has 0 aromatic heterocycles. The van der Waals surface area contributed by atoms with Gasteiger partial charge >= 0.3 is 0 Å². The molecule has 3 heteroatoms. The van der Waals surface area contributed by atoms with Crippen molar-refractivity contribution in [3.63, 3.8) is 0 Å². The van der Waals surface area contributed by atoms with Crippen molar-refractivity contribution in [3.05, 3.63) is 63.6 Å². The van der Waals surface area contributed by atoms with Gasteiger partial charge < -0.3 is 4.74 Å². The van der Waals surface area contributed by atoms with E-state index in [-0.39, 0.29) is 4.83 Å². The summed E-state index contributed by atoms with van der Waals surface area (Å²) in [6.45, 7) is 2.10. The van der Waals surface area contributed by atoms with Gasteiger partial charge in [-0.2, -0.15) is 0 Å². The van der Waals surface area contributed by atoms with E-state index in [1.54, 1.807) is 7.11 Å². The third-order valence-corrected chi connectivity index (χ3v) is 4.28. The quantitative estimate of drug-likeness (QED) is 0.671. The Balaban J connectivity index is 2.31. The van der Waals surface area contributed by atoms with Crippen LogP contribution in [0.5, 0.6) is 5.75 Å². The Bertz CT molecular complexity index is 514. The minimum Gasteiger partial charge on any atom is -0.497 e. The van der Waals surface area contributed by atoms with Gasteiger partial charge in [0.05, 0.1) is 11.9 Å². The molecule has 0 N–H and O–H groups in total. The SMILES string of the molecule is COc1ccc(C(Br)c2cc(C)cc(Br)c2)cc1. The molecule has 0 amide bonds. The zero-order valence-corrected chi connectivity index (χ0v) is 13.5. The molecule has 0 saturated heterocycles. The van der Waals surface area contributed by atoms with Crippen molar-refractivity contribution < 1.29 is 4.74 Å². The van der Waals surface area contributed by atoms with Crippen LogP contribution in [0.2, 0.25) is 0 Å². The Kier molecular flexibility index (Phi) is 4.46. The van der Waals surface area contributed by atoms with Crippen LogP contribution in [0.4, 0.5) is 0 Å². The van der Waals surface area contributed by atoms with Crippen LogP contribution < -0.4 is 4.74 Å². The first kappa shape index (κ1) is 13.6. The van der Waals surface area contributed by atoms with Gasteiger partial charge in [-0.1, -0.05) is 50.1 Å². The highest BCUT2D eigenvalue weighted by atomic mass is 79.9. The van der Waals surface area contributed by atoms with Crippen molar-refractivity contribution in [2.24, 2.45) is 0 Å². The lowest BCUT2D eigenvalue weighted by molar-refractivity contribution is 0.414. The molecule has 0 spiro atoms. The summed E-state index contributed by atoms with van der Waals surface area (Å²) in [5, 5.41) is 0. The van der Waals surface area contributed by atoms with Crippen LogP contribution in [-0.2, 0) is 0 Å². The molecular weight excluding hydrogens is 356 g/mol. The van der Waals surface area contributed by atoms with Gasteiger partial charge in [0.1, 0.15) is 5.75 Å². The largest absolute Gasteiger partial charge is 0.497 e.